The molecule has 0 amide bonds. The largest absolute Gasteiger partial charge is 0.472 e. The number of phosphoric ester groups is 1. The number of aliphatic hydroxyl groups excluding tert-OH is 3. The predicted octanol–water partition coefficient (Wildman–Crippen LogP) is 8.75. The van der Waals surface area contributed by atoms with Crippen LogP contribution in [0, 0.1) is 0 Å². The quantitative estimate of drug-likeness (QED) is 0.0172. The maximum atomic E-state index is 12.6. The molecule has 0 aromatic rings. The van der Waals surface area contributed by atoms with E-state index >= 15 is 0 Å². The van der Waals surface area contributed by atoms with Gasteiger partial charge in [-0.25, -0.2) is 4.57 Å². The highest BCUT2D eigenvalue weighted by Gasteiger charge is 2.26. The number of nitrogens with two attached hydrogens (primary N) is 1. The van der Waals surface area contributed by atoms with Crippen LogP contribution in [0.3, 0.4) is 0 Å². The maximum Gasteiger partial charge on any atom is 0.472 e. The smallest absolute Gasteiger partial charge is 0.462 e. The number of phosphoric acid groups is 1. The van der Waals surface area contributed by atoms with Gasteiger partial charge in [0, 0.05) is 19.4 Å². The molecule has 0 aromatic carbocycles. The molecule has 0 spiro atoms. The van der Waals surface area contributed by atoms with E-state index in [1.165, 1.54) is 82.8 Å². The van der Waals surface area contributed by atoms with Crippen molar-refractivity contribution >= 4 is 19.8 Å². The van der Waals surface area contributed by atoms with Crippen LogP contribution in [0.1, 0.15) is 187 Å². The second-order valence-corrected chi connectivity index (χ2v) is 16.1. The molecule has 0 saturated carbocycles. The zero-order valence-corrected chi connectivity index (χ0v) is 34.9. The van der Waals surface area contributed by atoms with E-state index in [-0.39, 0.29) is 32.6 Å². The van der Waals surface area contributed by atoms with Gasteiger partial charge in [0.15, 0.2) is 6.10 Å². The molecule has 0 aromatic heterocycles. The minimum Gasteiger partial charge on any atom is -0.462 e. The highest BCUT2D eigenvalue weighted by molar-refractivity contribution is 7.47. The molecule has 12 nitrogen and oxygen atoms in total. The molecule has 0 heterocycles. The lowest BCUT2D eigenvalue weighted by Gasteiger charge is -2.19. The van der Waals surface area contributed by atoms with Crippen molar-refractivity contribution in [2.45, 2.75) is 212 Å². The molecule has 0 rings (SSSR count). The second-order valence-electron chi connectivity index (χ2n) is 14.7. The van der Waals surface area contributed by atoms with Crippen LogP contribution in [-0.2, 0) is 32.7 Å². The van der Waals surface area contributed by atoms with Crippen molar-refractivity contribution in [1.82, 2.24) is 0 Å². The summed E-state index contributed by atoms with van der Waals surface area (Å²) in [6.07, 6.45) is 26.0. The molecule has 54 heavy (non-hydrogen) atoms. The van der Waals surface area contributed by atoms with E-state index in [9.17, 15) is 34.4 Å². The van der Waals surface area contributed by atoms with Crippen LogP contribution < -0.4 is 5.73 Å². The van der Waals surface area contributed by atoms with E-state index in [4.69, 9.17) is 24.3 Å². The number of hydrogen-bond acceptors (Lipinski definition) is 11. The van der Waals surface area contributed by atoms with Crippen LogP contribution in [0.25, 0.3) is 0 Å². The molecule has 6 N–H and O–H groups in total. The van der Waals surface area contributed by atoms with Gasteiger partial charge in [-0.2, -0.15) is 0 Å². The Morgan fingerprint density at radius 2 is 1.07 bits per heavy atom. The molecule has 0 fully saturated rings. The first-order valence-corrected chi connectivity index (χ1v) is 22.9. The van der Waals surface area contributed by atoms with Gasteiger partial charge in [-0.3, -0.25) is 18.6 Å². The molecule has 0 saturated heterocycles. The number of carbonyl (C=O) groups is 2. The standard InChI is InChI=1S/C41H80NO11P/c1-3-5-7-8-9-10-11-12-13-14-15-16-17-20-24-28-40(46)50-34-37(35-52-54(48,49)51-33-32-42)53-41(47)29-25-21-18-19-23-26-36(43)30-31-39(45)38(44)27-22-6-4-2/h30-31,36-39,43-45H,3-29,32-35,42H2,1-2H3,(H,48,49)/b31-30+. The van der Waals surface area contributed by atoms with E-state index in [1.807, 2.05) is 0 Å². The number of aliphatic hydroxyl groups is 3. The molecule has 5 unspecified atom stereocenters. The van der Waals surface area contributed by atoms with Gasteiger partial charge in [-0.15, -0.1) is 0 Å². The maximum absolute atomic E-state index is 12.6. The molecule has 0 bridgehead atoms. The first-order chi connectivity index (χ1) is 26.0. The molecule has 0 aliphatic heterocycles. The van der Waals surface area contributed by atoms with Gasteiger partial charge in [0.1, 0.15) is 6.61 Å². The summed E-state index contributed by atoms with van der Waals surface area (Å²) in [4.78, 5) is 34.8. The van der Waals surface area contributed by atoms with Crippen molar-refractivity contribution in [2.75, 3.05) is 26.4 Å². The summed E-state index contributed by atoms with van der Waals surface area (Å²) in [5.74, 6) is -0.956. The highest BCUT2D eigenvalue weighted by Crippen LogP contribution is 2.43. The topological polar surface area (TPSA) is 195 Å². The van der Waals surface area contributed by atoms with E-state index in [2.05, 4.69) is 13.8 Å². The Labute approximate surface area is 327 Å². The fourth-order valence-electron chi connectivity index (χ4n) is 6.04. The Morgan fingerprint density at radius 1 is 0.611 bits per heavy atom. The fraction of sp³-hybridized carbons (Fsp3) is 0.902. The summed E-state index contributed by atoms with van der Waals surface area (Å²) in [5, 5.41) is 30.2. The highest BCUT2D eigenvalue weighted by atomic mass is 31.2. The van der Waals surface area contributed by atoms with Crippen molar-refractivity contribution in [3.8, 4) is 0 Å². The third kappa shape index (κ3) is 35.1. The Bertz CT molecular complexity index is 954. The summed E-state index contributed by atoms with van der Waals surface area (Å²) >= 11 is 0. The normalized spacial score (nSPS) is 15.2. The SMILES string of the molecule is CCCCCCCCCCCCCCCCCC(=O)OCC(COP(=O)(O)OCCN)OC(=O)CCCCCCCC(O)/C=C/C(O)C(O)CCCCC. The molecule has 0 aliphatic carbocycles. The third-order valence-corrected chi connectivity index (χ3v) is 10.4. The number of esters is 2. The lowest BCUT2D eigenvalue weighted by molar-refractivity contribution is -0.161. The van der Waals surface area contributed by atoms with Gasteiger partial charge in [-0.05, 0) is 25.7 Å². The summed E-state index contributed by atoms with van der Waals surface area (Å²) < 4.78 is 32.6. The van der Waals surface area contributed by atoms with Gasteiger partial charge in [0.2, 0.25) is 0 Å². The summed E-state index contributed by atoms with van der Waals surface area (Å²) in [6, 6.07) is 0. The minimum absolute atomic E-state index is 0.0231. The van der Waals surface area contributed by atoms with Crippen LogP contribution in [0.5, 0.6) is 0 Å². The first-order valence-electron chi connectivity index (χ1n) is 21.4. The van der Waals surface area contributed by atoms with E-state index in [0.717, 1.165) is 64.2 Å². The average molecular weight is 794 g/mol. The average Bonchev–Trinajstić information content (AvgIpc) is 3.15. The Balaban J connectivity index is 4.30. The van der Waals surface area contributed by atoms with Gasteiger partial charge in [0.25, 0.3) is 0 Å². The van der Waals surface area contributed by atoms with E-state index in [1.54, 1.807) is 0 Å². The Morgan fingerprint density at radius 3 is 1.61 bits per heavy atom. The summed E-state index contributed by atoms with van der Waals surface area (Å²) in [6.45, 7) is 3.38. The van der Waals surface area contributed by atoms with Gasteiger partial charge >= 0.3 is 19.8 Å². The van der Waals surface area contributed by atoms with Gasteiger partial charge < -0.3 is 35.4 Å². The third-order valence-electron chi connectivity index (χ3n) is 9.42. The van der Waals surface area contributed by atoms with Gasteiger partial charge in [-0.1, -0.05) is 161 Å². The molecular weight excluding hydrogens is 713 g/mol. The van der Waals surface area contributed by atoms with E-state index in [0.29, 0.717) is 25.7 Å². The lowest BCUT2D eigenvalue weighted by atomic mass is 10.0. The zero-order chi connectivity index (χ0) is 40.1. The Kier molecular flexibility index (Phi) is 36.3. The molecular formula is C41H80NO11P. The monoisotopic (exact) mass is 794 g/mol. The summed E-state index contributed by atoms with van der Waals surface area (Å²) in [7, 11) is -4.42. The van der Waals surface area contributed by atoms with Gasteiger partial charge in [0.05, 0.1) is 31.5 Å². The molecule has 0 aliphatic rings. The predicted molar refractivity (Wildman–Crippen MR) is 215 cm³/mol. The number of unbranched alkanes of at least 4 members (excludes halogenated alkanes) is 20. The van der Waals surface area contributed by atoms with Crippen LogP contribution in [0.2, 0.25) is 0 Å². The van der Waals surface area contributed by atoms with Crippen molar-refractivity contribution in [3.63, 3.8) is 0 Å². The van der Waals surface area contributed by atoms with Crippen molar-refractivity contribution < 1.29 is 52.9 Å². The van der Waals surface area contributed by atoms with Crippen molar-refractivity contribution in [3.05, 3.63) is 12.2 Å². The van der Waals surface area contributed by atoms with Crippen molar-refractivity contribution in [2.24, 2.45) is 5.73 Å². The number of carbonyl (C=O) groups excluding carboxylic acids is 2. The molecule has 13 heteroatoms. The van der Waals surface area contributed by atoms with Crippen LogP contribution in [0.15, 0.2) is 12.2 Å². The van der Waals surface area contributed by atoms with E-state index < -0.39 is 50.8 Å². The van der Waals surface area contributed by atoms with Crippen molar-refractivity contribution in [1.29, 1.82) is 0 Å². The molecule has 0 radical (unpaired) electrons. The first kappa shape index (κ1) is 52.6. The number of hydrogen-bond donors (Lipinski definition) is 5. The lowest BCUT2D eigenvalue weighted by Crippen LogP contribution is -2.29. The molecule has 5 atom stereocenters. The second kappa shape index (κ2) is 37.2. The summed E-state index contributed by atoms with van der Waals surface area (Å²) in [5.41, 5.74) is 5.33. The zero-order valence-electron chi connectivity index (χ0n) is 34.1. The number of rotatable bonds is 40. The van der Waals surface area contributed by atoms with Crippen LogP contribution >= 0.6 is 7.82 Å². The Hall–Kier alpha value is -1.37. The minimum atomic E-state index is -4.42. The van der Waals surface area contributed by atoms with Crippen LogP contribution in [0.4, 0.5) is 0 Å². The fourth-order valence-corrected chi connectivity index (χ4v) is 6.80. The molecule has 320 valence electrons. The van der Waals surface area contributed by atoms with Crippen LogP contribution in [-0.4, -0.2) is 82.9 Å². The number of ether oxygens (including phenoxy) is 2.